The molecule has 0 unspecified atom stereocenters. The number of hydrogen-bond donors (Lipinski definition) is 1. The first-order valence-electron chi connectivity index (χ1n) is 4.96. The zero-order chi connectivity index (χ0) is 13.2. The zero-order valence-corrected chi connectivity index (χ0v) is 11.0. The average molecular weight is 279 g/mol. The van der Waals surface area contributed by atoms with Crippen LogP contribution in [0.15, 0.2) is 34.7 Å². The van der Waals surface area contributed by atoms with Crippen molar-refractivity contribution >= 4 is 26.5 Å². The lowest BCUT2D eigenvalue weighted by Crippen LogP contribution is -2.14. The van der Waals surface area contributed by atoms with Crippen LogP contribution in [0.2, 0.25) is 0 Å². The van der Waals surface area contributed by atoms with E-state index >= 15 is 0 Å². The Morgan fingerprint density at radius 2 is 2.22 bits per heavy atom. The van der Waals surface area contributed by atoms with Gasteiger partial charge in [0.25, 0.3) is 10.0 Å². The zero-order valence-electron chi connectivity index (χ0n) is 9.41. The van der Waals surface area contributed by atoms with Crippen molar-refractivity contribution in [2.75, 3.05) is 4.72 Å². The van der Waals surface area contributed by atoms with Crippen molar-refractivity contribution in [3.63, 3.8) is 0 Å². The predicted molar refractivity (Wildman–Crippen MR) is 68.8 cm³/mol. The van der Waals surface area contributed by atoms with Crippen LogP contribution < -0.4 is 4.72 Å². The Labute approximate surface area is 109 Å². The van der Waals surface area contributed by atoms with Crippen molar-refractivity contribution in [1.29, 1.82) is 5.26 Å². The molecule has 0 aliphatic carbocycles. The topological polar surface area (TPSA) is 82.8 Å². The molecule has 2 aromatic rings. The van der Waals surface area contributed by atoms with Crippen LogP contribution in [0.4, 0.5) is 5.13 Å². The maximum absolute atomic E-state index is 12.1. The number of sulfonamides is 1. The summed E-state index contributed by atoms with van der Waals surface area (Å²) >= 11 is 1.19. The van der Waals surface area contributed by atoms with E-state index in [4.69, 9.17) is 5.26 Å². The van der Waals surface area contributed by atoms with E-state index in [0.29, 0.717) is 16.3 Å². The molecule has 7 heteroatoms. The molecule has 0 spiro atoms. The van der Waals surface area contributed by atoms with Gasteiger partial charge in [-0.3, -0.25) is 4.72 Å². The van der Waals surface area contributed by atoms with Crippen LogP contribution in [0.5, 0.6) is 0 Å². The molecule has 0 saturated carbocycles. The number of aromatic nitrogens is 1. The summed E-state index contributed by atoms with van der Waals surface area (Å²) in [7, 11) is -3.70. The van der Waals surface area contributed by atoms with Crippen LogP contribution >= 0.6 is 11.3 Å². The van der Waals surface area contributed by atoms with Gasteiger partial charge in [0.1, 0.15) is 0 Å². The SMILES string of the molecule is Cc1ccc(C#N)cc1S(=O)(=O)Nc1nccs1. The Morgan fingerprint density at radius 1 is 1.44 bits per heavy atom. The third kappa shape index (κ3) is 2.50. The van der Waals surface area contributed by atoms with Crippen molar-refractivity contribution in [2.24, 2.45) is 0 Å². The fourth-order valence-electron chi connectivity index (χ4n) is 1.40. The highest BCUT2D eigenvalue weighted by molar-refractivity contribution is 7.93. The smallest absolute Gasteiger partial charge is 0.255 e. The lowest BCUT2D eigenvalue weighted by Gasteiger charge is -2.08. The molecule has 18 heavy (non-hydrogen) atoms. The van der Waals surface area contributed by atoms with E-state index in [0.717, 1.165) is 0 Å². The third-order valence-electron chi connectivity index (χ3n) is 2.26. The molecule has 0 bridgehead atoms. The Morgan fingerprint density at radius 3 is 2.83 bits per heavy atom. The van der Waals surface area contributed by atoms with Crippen molar-refractivity contribution in [3.8, 4) is 6.07 Å². The van der Waals surface area contributed by atoms with Gasteiger partial charge in [0.15, 0.2) is 5.13 Å². The van der Waals surface area contributed by atoms with E-state index < -0.39 is 10.0 Å². The number of thiazole rings is 1. The predicted octanol–water partition coefficient (Wildman–Crippen LogP) is 2.12. The summed E-state index contributed by atoms with van der Waals surface area (Å²) in [6.45, 7) is 1.68. The van der Waals surface area contributed by atoms with Crippen molar-refractivity contribution in [2.45, 2.75) is 11.8 Å². The normalized spacial score (nSPS) is 10.9. The number of nitrogens with zero attached hydrogens (tertiary/aromatic N) is 2. The summed E-state index contributed by atoms with van der Waals surface area (Å²) in [5, 5.41) is 10.8. The summed E-state index contributed by atoms with van der Waals surface area (Å²) in [4.78, 5) is 3.96. The molecule has 0 saturated heterocycles. The molecule has 1 N–H and O–H groups in total. The van der Waals surface area contributed by atoms with Crippen LogP contribution in [-0.2, 0) is 10.0 Å². The van der Waals surface area contributed by atoms with E-state index in [2.05, 4.69) is 9.71 Å². The molecular weight excluding hydrogens is 270 g/mol. The standard InChI is InChI=1S/C11H9N3O2S2/c1-8-2-3-9(7-12)6-10(8)18(15,16)14-11-13-4-5-17-11/h2-6H,1H3,(H,13,14). The monoisotopic (exact) mass is 279 g/mol. The van der Waals surface area contributed by atoms with Gasteiger partial charge < -0.3 is 0 Å². The highest BCUT2D eigenvalue weighted by atomic mass is 32.2. The van der Waals surface area contributed by atoms with Gasteiger partial charge in [-0.25, -0.2) is 13.4 Å². The van der Waals surface area contributed by atoms with Gasteiger partial charge in [-0.1, -0.05) is 6.07 Å². The highest BCUT2D eigenvalue weighted by Crippen LogP contribution is 2.21. The quantitative estimate of drug-likeness (QED) is 0.932. The lowest BCUT2D eigenvalue weighted by atomic mass is 10.2. The van der Waals surface area contributed by atoms with Crippen LogP contribution in [0.3, 0.4) is 0 Å². The minimum Gasteiger partial charge on any atom is -0.255 e. The summed E-state index contributed by atoms with van der Waals surface area (Å²) in [5.41, 5.74) is 0.887. The molecule has 0 amide bonds. The number of hydrogen-bond acceptors (Lipinski definition) is 5. The number of benzene rings is 1. The molecule has 1 heterocycles. The second-order valence-electron chi connectivity index (χ2n) is 3.53. The third-order valence-corrected chi connectivity index (χ3v) is 4.56. The second kappa shape index (κ2) is 4.76. The average Bonchev–Trinajstić information content (AvgIpc) is 2.81. The molecule has 1 aromatic heterocycles. The van der Waals surface area contributed by atoms with Gasteiger partial charge in [0.05, 0.1) is 16.5 Å². The molecule has 0 atom stereocenters. The maximum atomic E-state index is 12.1. The molecule has 0 aliphatic heterocycles. The van der Waals surface area contributed by atoms with Crippen LogP contribution in [0.25, 0.3) is 0 Å². The first-order chi connectivity index (χ1) is 8.53. The van der Waals surface area contributed by atoms with E-state index in [9.17, 15) is 8.42 Å². The second-order valence-corrected chi connectivity index (χ2v) is 6.08. The number of rotatable bonds is 3. The Balaban J connectivity index is 2.44. The number of nitriles is 1. The van der Waals surface area contributed by atoms with Gasteiger partial charge in [-0.2, -0.15) is 5.26 Å². The molecule has 0 radical (unpaired) electrons. The van der Waals surface area contributed by atoms with E-state index in [1.807, 2.05) is 6.07 Å². The number of nitrogens with one attached hydrogen (secondary N) is 1. The number of anilines is 1. The molecule has 2 rings (SSSR count). The van der Waals surface area contributed by atoms with Crippen molar-refractivity contribution < 1.29 is 8.42 Å². The summed E-state index contributed by atoms with van der Waals surface area (Å²) in [6.07, 6.45) is 1.51. The summed E-state index contributed by atoms with van der Waals surface area (Å²) in [6, 6.07) is 6.46. The fourth-order valence-corrected chi connectivity index (χ4v) is 3.46. The highest BCUT2D eigenvalue weighted by Gasteiger charge is 2.18. The maximum Gasteiger partial charge on any atom is 0.263 e. The van der Waals surface area contributed by atoms with E-state index in [1.54, 1.807) is 24.4 Å². The Bertz CT molecular complexity index is 700. The Hall–Kier alpha value is -1.91. The van der Waals surface area contributed by atoms with Crippen LogP contribution in [0, 0.1) is 18.3 Å². The van der Waals surface area contributed by atoms with E-state index in [1.165, 1.54) is 23.6 Å². The number of aryl methyl sites for hydroxylation is 1. The van der Waals surface area contributed by atoms with Gasteiger partial charge in [0.2, 0.25) is 0 Å². The summed E-state index contributed by atoms with van der Waals surface area (Å²) < 4.78 is 26.6. The lowest BCUT2D eigenvalue weighted by molar-refractivity contribution is 0.600. The molecular formula is C11H9N3O2S2. The molecule has 1 aromatic carbocycles. The first-order valence-corrected chi connectivity index (χ1v) is 7.32. The molecule has 92 valence electrons. The van der Waals surface area contributed by atoms with E-state index in [-0.39, 0.29) is 4.90 Å². The van der Waals surface area contributed by atoms with Gasteiger partial charge in [0, 0.05) is 11.6 Å². The minimum absolute atomic E-state index is 0.0942. The largest absolute Gasteiger partial charge is 0.263 e. The first kappa shape index (κ1) is 12.5. The fraction of sp³-hybridized carbons (Fsp3) is 0.0909. The minimum atomic E-state index is -3.70. The summed E-state index contributed by atoms with van der Waals surface area (Å²) in [5.74, 6) is 0. The van der Waals surface area contributed by atoms with Crippen LogP contribution in [0.1, 0.15) is 11.1 Å². The van der Waals surface area contributed by atoms with Gasteiger partial charge in [-0.15, -0.1) is 11.3 Å². The van der Waals surface area contributed by atoms with Gasteiger partial charge >= 0.3 is 0 Å². The van der Waals surface area contributed by atoms with Crippen molar-refractivity contribution in [3.05, 3.63) is 40.9 Å². The molecule has 0 aliphatic rings. The molecule has 0 fully saturated rings. The Kier molecular flexibility index (Phi) is 3.32. The molecule has 5 nitrogen and oxygen atoms in total. The van der Waals surface area contributed by atoms with Crippen LogP contribution in [-0.4, -0.2) is 13.4 Å². The van der Waals surface area contributed by atoms with Crippen molar-refractivity contribution in [1.82, 2.24) is 4.98 Å². The van der Waals surface area contributed by atoms with Gasteiger partial charge in [-0.05, 0) is 24.6 Å².